The maximum atomic E-state index is 10.4. The Morgan fingerprint density at radius 3 is 2.20 bits per heavy atom. The summed E-state index contributed by atoms with van der Waals surface area (Å²) < 4.78 is 21.0. The molecule has 0 aliphatic carbocycles. The molecular weight excluding hydrogens is 284 g/mol. The SMILES string of the molecule is COc1ccc(C(O)c2ccc(Cl)o2)c(OC)c1OC. The largest absolute Gasteiger partial charge is 0.493 e. The average molecular weight is 299 g/mol. The molecule has 6 heteroatoms. The first kappa shape index (κ1) is 14.6. The maximum absolute atomic E-state index is 10.4. The molecule has 108 valence electrons. The van der Waals surface area contributed by atoms with Crippen LogP contribution < -0.4 is 14.2 Å². The number of halogens is 1. The van der Waals surface area contributed by atoms with E-state index < -0.39 is 6.10 Å². The lowest BCUT2D eigenvalue weighted by molar-refractivity contribution is 0.183. The predicted molar refractivity (Wildman–Crippen MR) is 73.9 cm³/mol. The highest BCUT2D eigenvalue weighted by atomic mass is 35.5. The van der Waals surface area contributed by atoms with Crippen LogP contribution in [0.4, 0.5) is 0 Å². The Morgan fingerprint density at radius 1 is 1.00 bits per heavy atom. The lowest BCUT2D eigenvalue weighted by Crippen LogP contribution is -2.04. The van der Waals surface area contributed by atoms with Gasteiger partial charge in [0.25, 0.3) is 0 Å². The molecule has 1 atom stereocenters. The highest BCUT2D eigenvalue weighted by Gasteiger charge is 2.23. The van der Waals surface area contributed by atoms with Gasteiger partial charge < -0.3 is 23.7 Å². The van der Waals surface area contributed by atoms with Crippen molar-refractivity contribution in [3.05, 3.63) is 40.8 Å². The van der Waals surface area contributed by atoms with Crippen LogP contribution in [0.15, 0.2) is 28.7 Å². The molecule has 0 fully saturated rings. The van der Waals surface area contributed by atoms with Crippen molar-refractivity contribution in [2.75, 3.05) is 21.3 Å². The van der Waals surface area contributed by atoms with Crippen LogP contribution in [0.25, 0.3) is 0 Å². The van der Waals surface area contributed by atoms with Crippen molar-refractivity contribution >= 4 is 11.6 Å². The van der Waals surface area contributed by atoms with Gasteiger partial charge >= 0.3 is 0 Å². The van der Waals surface area contributed by atoms with Gasteiger partial charge in [-0.3, -0.25) is 0 Å². The number of aliphatic hydroxyl groups excluding tert-OH is 1. The third-order valence-electron chi connectivity index (χ3n) is 2.89. The van der Waals surface area contributed by atoms with Gasteiger partial charge in [-0.2, -0.15) is 0 Å². The number of furan rings is 1. The van der Waals surface area contributed by atoms with Crippen molar-refractivity contribution in [3.63, 3.8) is 0 Å². The lowest BCUT2D eigenvalue weighted by atomic mass is 10.0. The number of aliphatic hydroxyl groups is 1. The van der Waals surface area contributed by atoms with Gasteiger partial charge in [-0.25, -0.2) is 0 Å². The van der Waals surface area contributed by atoms with E-state index in [2.05, 4.69) is 0 Å². The van der Waals surface area contributed by atoms with E-state index in [1.807, 2.05) is 0 Å². The Labute approximate surface area is 121 Å². The molecule has 1 unspecified atom stereocenters. The zero-order chi connectivity index (χ0) is 14.7. The smallest absolute Gasteiger partial charge is 0.203 e. The fraction of sp³-hybridized carbons (Fsp3) is 0.286. The molecule has 2 rings (SSSR count). The molecule has 0 saturated heterocycles. The second-order valence-electron chi connectivity index (χ2n) is 3.97. The van der Waals surface area contributed by atoms with Gasteiger partial charge in [0.15, 0.2) is 16.7 Å². The Bertz CT molecular complexity index is 593. The third-order valence-corrected chi connectivity index (χ3v) is 3.10. The van der Waals surface area contributed by atoms with Crippen LogP contribution in [-0.2, 0) is 0 Å². The van der Waals surface area contributed by atoms with Crippen LogP contribution in [0, 0.1) is 0 Å². The number of hydrogen-bond donors (Lipinski definition) is 1. The Balaban J connectivity index is 2.51. The van der Waals surface area contributed by atoms with Crippen molar-refractivity contribution in [3.8, 4) is 17.2 Å². The van der Waals surface area contributed by atoms with E-state index in [1.165, 1.54) is 21.3 Å². The Kier molecular flexibility index (Phi) is 4.42. The molecule has 0 radical (unpaired) electrons. The van der Waals surface area contributed by atoms with Gasteiger partial charge in [0.1, 0.15) is 11.9 Å². The minimum Gasteiger partial charge on any atom is -0.493 e. The normalized spacial score (nSPS) is 12.1. The van der Waals surface area contributed by atoms with E-state index >= 15 is 0 Å². The fourth-order valence-electron chi connectivity index (χ4n) is 1.97. The number of hydrogen-bond acceptors (Lipinski definition) is 5. The minimum atomic E-state index is -1.02. The number of rotatable bonds is 5. The molecule has 0 saturated carbocycles. The quantitative estimate of drug-likeness (QED) is 0.919. The molecule has 1 aromatic carbocycles. The minimum absolute atomic E-state index is 0.207. The molecule has 1 heterocycles. The first-order valence-corrected chi connectivity index (χ1v) is 6.22. The van der Waals surface area contributed by atoms with E-state index in [0.29, 0.717) is 28.6 Å². The van der Waals surface area contributed by atoms with Crippen molar-refractivity contribution in [2.24, 2.45) is 0 Å². The van der Waals surface area contributed by atoms with E-state index in [1.54, 1.807) is 24.3 Å². The van der Waals surface area contributed by atoms with Gasteiger partial charge in [-0.15, -0.1) is 0 Å². The first-order valence-electron chi connectivity index (χ1n) is 5.84. The molecule has 20 heavy (non-hydrogen) atoms. The summed E-state index contributed by atoms with van der Waals surface area (Å²) in [4.78, 5) is 0. The van der Waals surface area contributed by atoms with Crippen LogP contribution in [0.1, 0.15) is 17.4 Å². The monoisotopic (exact) mass is 298 g/mol. The fourth-order valence-corrected chi connectivity index (χ4v) is 2.12. The van der Waals surface area contributed by atoms with Gasteiger partial charge in [-0.05, 0) is 35.9 Å². The van der Waals surface area contributed by atoms with Crippen LogP contribution in [0.2, 0.25) is 5.22 Å². The van der Waals surface area contributed by atoms with Crippen LogP contribution >= 0.6 is 11.6 Å². The summed E-state index contributed by atoms with van der Waals surface area (Å²) in [6.45, 7) is 0. The third kappa shape index (κ3) is 2.55. The molecule has 0 bridgehead atoms. The summed E-state index contributed by atoms with van der Waals surface area (Å²) in [7, 11) is 4.52. The summed E-state index contributed by atoms with van der Waals surface area (Å²) in [6, 6.07) is 6.53. The lowest BCUT2D eigenvalue weighted by Gasteiger charge is -2.18. The Hall–Kier alpha value is -1.85. The topological polar surface area (TPSA) is 61.1 Å². The summed E-state index contributed by atoms with van der Waals surface area (Å²) in [6.07, 6.45) is -1.02. The second kappa shape index (κ2) is 6.07. The number of benzene rings is 1. The zero-order valence-corrected chi connectivity index (χ0v) is 12.1. The van der Waals surface area contributed by atoms with Gasteiger partial charge in [0, 0.05) is 5.56 Å². The summed E-state index contributed by atoms with van der Waals surface area (Å²) in [5.74, 6) is 1.62. The summed E-state index contributed by atoms with van der Waals surface area (Å²) in [5.41, 5.74) is 0.496. The van der Waals surface area contributed by atoms with Crippen molar-refractivity contribution < 1.29 is 23.7 Å². The van der Waals surface area contributed by atoms with Crippen molar-refractivity contribution in [1.29, 1.82) is 0 Å². The van der Waals surface area contributed by atoms with Gasteiger partial charge in [0.2, 0.25) is 5.75 Å². The van der Waals surface area contributed by atoms with Crippen LogP contribution in [-0.4, -0.2) is 26.4 Å². The first-order chi connectivity index (χ1) is 9.62. The van der Waals surface area contributed by atoms with Gasteiger partial charge in [0.05, 0.1) is 21.3 Å². The molecule has 2 aromatic rings. The summed E-state index contributed by atoms with van der Waals surface area (Å²) >= 11 is 5.72. The van der Waals surface area contributed by atoms with E-state index in [9.17, 15) is 5.11 Å². The highest BCUT2D eigenvalue weighted by Crippen LogP contribution is 2.43. The summed E-state index contributed by atoms with van der Waals surface area (Å²) in [5, 5.41) is 10.6. The predicted octanol–water partition coefficient (Wildman–Crippen LogP) is 3.04. The van der Waals surface area contributed by atoms with Crippen molar-refractivity contribution in [2.45, 2.75) is 6.10 Å². The van der Waals surface area contributed by atoms with Crippen LogP contribution in [0.3, 0.4) is 0 Å². The maximum Gasteiger partial charge on any atom is 0.203 e. The van der Waals surface area contributed by atoms with Gasteiger partial charge in [-0.1, -0.05) is 0 Å². The van der Waals surface area contributed by atoms with Crippen LogP contribution in [0.5, 0.6) is 17.2 Å². The zero-order valence-electron chi connectivity index (χ0n) is 11.3. The van der Waals surface area contributed by atoms with E-state index in [-0.39, 0.29) is 5.22 Å². The molecular formula is C14H15ClO5. The second-order valence-corrected chi connectivity index (χ2v) is 4.34. The number of methoxy groups -OCH3 is 3. The number of ether oxygens (including phenoxy) is 3. The van der Waals surface area contributed by atoms with E-state index in [0.717, 1.165) is 0 Å². The average Bonchev–Trinajstić information content (AvgIpc) is 2.91. The van der Waals surface area contributed by atoms with Crippen molar-refractivity contribution in [1.82, 2.24) is 0 Å². The standard InChI is InChI=1S/C14H15ClO5/c1-17-10-5-4-8(13(18-2)14(10)19-3)12(16)9-6-7-11(15)20-9/h4-7,12,16H,1-3H3. The Morgan fingerprint density at radius 2 is 1.70 bits per heavy atom. The van der Waals surface area contributed by atoms with E-state index in [4.69, 9.17) is 30.2 Å². The molecule has 0 aliphatic rings. The molecule has 0 amide bonds. The molecule has 1 aromatic heterocycles. The molecule has 1 N–H and O–H groups in total. The molecule has 0 spiro atoms. The highest BCUT2D eigenvalue weighted by molar-refractivity contribution is 6.28. The molecule has 0 aliphatic heterocycles. The molecule has 5 nitrogen and oxygen atoms in total.